The first-order chi connectivity index (χ1) is 13.7. The maximum Gasteiger partial charge on any atom is 0.313 e. The molecule has 5 nitrogen and oxygen atoms in total. The summed E-state index contributed by atoms with van der Waals surface area (Å²) in [5, 5.41) is 10.1. The van der Waals surface area contributed by atoms with Crippen molar-refractivity contribution < 1.29 is 22.7 Å². The number of carbonyl (C=O) groups is 1. The van der Waals surface area contributed by atoms with Crippen LogP contribution in [0.25, 0.3) is 21.7 Å². The Labute approximate surface area is 172 Å². The highest BCUT2D eigenvalue weighted by atomic mass is 32.2. The topological polar surface area (TPSA) is 84.3 Å². The zero-order valence-electron chi connectivity index (χ0n) is 15.9. The van der Waals surface area contributed by atoms with Gasteiger partial charge in [-0.3, -0.25) is 4.79 Å². The third-order valence-electron chi connectivity index (χ3n) is 4.48. The molecule has 0 aliphatic heterocycles. The van der Waals surface area contributed by atoms with Gasteiger partial charge in [-0.25, -0.2) is 17.8 Å². The average Bonchev–Trinajstić information content (AvgIpc) is 3.10. The van der Waals surface area contributed by atoms with Crippen LogP contribution >= 0.6 is 11.3 Å². The predicted octanol–water partition coefficient (Wildman–Crippen LogP) is 4.99. The van der Waals surface area contributed by atoms with Gasteiger partial charge in [-0.05, 0) is 36.2 Å². The predicted molar refractivity (Wildman–Crippen MR) is 111 cm³/mol. The van der Waals surface area contributed by atoms with Crippen molar-refractivity contribution in [2.75, 3.05) is 6.26 Å². The van der Waals surface area contributed by atoms with E-state index in [9.17, 15) is 22.7 Å². The minimum Gasteiger partial charge on any atom is -0.481 e. The molecule has 152 valence electrons. The molecule has 0 fully saturated rings. The number of carboxylic acids is 1. The molecule has 3 aromatic rings. The lowest BCUT2D eigenvalue weighted by Crippen LogP contribution is -2.10. The van der Waals surface area contributed by atoms with E-state index in [4.69, 9.17) is 0 Å². The maximum absolute atomic E-state index is 13.4. The molecular weight excluding hydrogens is 413 g/mol. The van der Waals surface area contributed by atoms with Crippen molar-refractivity contribution in [3.05, 3.63) is 59.4 Å². The number of sulfone groups is 1. The van der Waals surface area contributed by atoms with Gasteiger partial charge in [-0.2, -0.15) is 0 Å². The molecular formula is C21H20FNO4S2. The number of hydrogen-bond acceptors (Lipinski definition) is 5. The van der Waals surface area contributed by atoms with Crippen molar-refractivity contribution in [1.29, 1.82) is 0 Å². The summed E-state index contributed by atoms with van der Waals surface area (Å²) in [4.78, 5) is 17.2. The molecule has 0 aliphatic carbocycles. The number of carboxylic acid groups (broad SMARTS) is 1. The number of halogens is 1. The molecule has 1 heterocycles. The molecule has 0 amide bonds. The Bertz CT molecular complexity index is 1120. The highest BCUT2D eigenvalue weighted by Crippen LogP contribution is 2.40. The summed E-state index contributed by atoms with van der Waals surface area (Å²) < 4.78 is 36.8. The molecule has 1 aromatic heterocycles. The van der Waals surface area contributed by atoms with Crippen molar-refractivity contribution in [1.82, 2.24) is 4.98 Å². The molecule has 0 radical (unpaired) electrons. The van der Waals surface area contributed by atoms with Gasteiger partial charge in [-0.15, -0.1) is 11.3 Å². The number of thiazole rings is 1. The van der Waals surface area contributed by atoms with Crippen molar-refractivity contribution in [2.45, 2.75) is 30.6 Å². The summed E-state index contributed by atoms with van der Waals surface area (Å²) in [5.41, 5.74) is 1.94. The van der Waals surface area contributed by atoms with Gasteiger partial charge in [0, 0.05) is 11.8 Å². The van der Waals surface area contributed by atoms with Crippen LogP contribution in [0, 0.1) is 5.82 Å². The standard InChI is InChI=1S/C21H20FNO4S2/c1-3-4-17(21(24)25)20-23-18(13-7-11-16(12-8-13)29(2,26)27)19(28-20)14-5-9-15(22)10-6-14/h5-12,17H,3-4H2,1-2H3,(H,24,25). The molecule has 8 heteroatoms. The number of aliphatic carboxylic acids is 1. The van der Waals surface area contributed by atoms with Crippen LogP contribution in [0.2, 0.25) is 0 Å². The van der Waals surface area contributed by atoms with E-state index < -0.39 is 21.7 Å². The third-order valence-corrected chi connectivity index (χ3v) is 6.83. The monoisotopic (exact) mass is 433 g/mol. The Hall–Kier alpha value is -2.58. The highest BCUT2D eigenvalue weighted by Gasteiger charge is 2.26. The van der Waals surface area contributed by atoms with E-state index in [0.717, 1.165) is 16.7 Å². The minimum atomic E-state index is -3.33. The molecule has 29 heavy (non-hydrogen) atoms. The lowest BCUT2D eigenvalue weighted by Gasteiger charge is -2.06. The fourth-order valence-electron chi connectivity index (χ4n) is 2.98. The van der Waals surface area contributed by atoms with E-state index in [0.29, 0.717) is 29.1 Å². The first kappa shape index (κ1) is 21.1. The molecule has 0 spiro atoms. The number of benzene rings is 2. The van der Waals surface area contributed by atoms with Gasteiger partial charge < -0.3 is 5.11 Å². The molecule has 0 saturated heterocycles. The van der Waals surface area contributed by atoms with Gasteiger partial charge in [0.25, 0.3) is 0 Å². The molecule has 0 aliphatic rings. The molecule has 2 aromatic carbocycles. The zero-order chi connectivity index (χ0) is 21.2. The Kier molecular flexibility index (Phi) is 6.14. The zero-order valence-corrected chi connectivity index (χ0v) is 17.6. The number of hydrogen-bond donors (Lipinski definition) is 1. The van der Waals surface area contributed by atoms with Gasteiger partial charge in [0.15, 0.2) is 9.84 Å². The molecule has 1 unspecified atom stereocenters. The second-order valence-electron chi connectivity index (χ2n) is 6.71. The van der Waals surface area contributed by atoms with Gasteiger partial charge in [0.05, 0.1) is 15.5 Å². The summed E-state index contributed by atoms with van der Waals surface area (Å²) in [5.74, 6) is -2.04. The number of aromatic nitrogens is 1. The first-order valence-corrected chi connectivity index (χ1v) is 11.7. The summed E-state index contributed by atoms with van der Waals surface area (Å²) >= 11 is 1.27. The van der Waals surface area contributed by atoms with Crippen LogP contribution in [0.1, 0.15) is 30.7 Å². The van der Waals surface area contributed by atoms with Crippen molar-refractivity contribution in [3.8, 4) is 21.7 Å². The van der Waals surface area contributed by atoms with Crippen LogP contribution < -0.4 is 0 Å². The second kappa shape index (κ2) is 8.42. The van der Waals surface area contributed by atoms with Crippen LogP contribution in [0.4, 0.5) is 4.39 Å². The number of nitrogens with zero attached hydrogens (tertiary/aromatic N) is 1. The first-order valence-electron chi connectivity index (χ1n) is 9.00. The summed E-state index contributed by atoms with van der Waals surface area (Å²) in [6.45, 7) is 1.91. The minimum absolute atomic E-state index is 0.189. The van der Waals surface area contributed by atoms with Crippen LogP contribution in [-0.2, 0) is 14.6 Å². The second-order valence-corrected chi connectivity index (χ2v) is 9.76. The molecule has 1 atom stereocenters. The normalized spacial score (nSPS) is 12.7. The van der Waals surface area contributed by atoms with Crippen LogP contribution in [0.3, 0.4) is 0 Å². The van der Waals surface area contributed by atoms with E-state index in [-0.39, 0.29) is 10.7 Å². The molecule has 0 saturated carbocycles. The SMILES string of the molecule is CCCC(C(=O)O)c1nc(-c2ccc(S(C)(=O)=O)cc2)c(-c2ccc(F)cc2)s1. The largest absolute Gasteiger partial charge is 0.481 e. The molecule has 0 bridgehead atoms. The van der Waals surface area contributed by atoms with Crippen LogP contribution in [0.5, 0.6) is 0 Å². The Morgan fingerprint density at radius 3 is 2.21 bits per heavy atom. The Morgan fingerprint density at radius 1 is 1.10 bits per heavy atom. The molecule has 3 rings (SSSR count). The quantitative estimate of drug-likeness (QED) is 0.568. The van der Waals surface area contributed by atoms with Gasteiger partial charge in [0.1, 0.15) is 16.7 Å². The lowest BCUT2D eigenvalue weighted by molar-refractivity contribution is -0.139. The van der Waals surface area contributed by atoms with E-state index in [1.54, 1.807) is 24.3 Å². The number of rotatable bonds is 7. The highest BCUT2D eigenvalue weighted by molar-refractivity contribution is 7.90. The van der Waals surface area contributed by atoms with Gasteiger partial charge in [-0.1, -0.05) is 37.6 Å². The Morgan fingerprint density at radius 2 is 1.69 bits per heavy atom. The van der Waals surface area contributed by atoms with E-state index in [1.807, 2.05) is 6.92 Å². The van der Waals surface area contributed by atoms with Gasteiger partial charge >= 0.3 is 5.97 Å². The van der Waals surface area contributed by atoms with E-state index in [1.165, 1.54) is 35.6 Å². The van der Waals surface area contributed by atoms with E-state index in [2.05, 4.69) is 4.98 Å². The smallest absolute Gasteiger partial charge is 0.313 e. The summed E-state index contributed by atoms with van der Waals surface area (Å²) in [6.07, 6.45) is 2.29. The third kappa shape index (κ3) is 4.71. The average molecular weight is 434 g/mol. The van der Waals surface area contributed by atoms with Crippen molar-refractivity contribution >= 4 is 27.1 Å². The fraction of sp³-hybridized carbons (Fsp3) is 0.238. The van der Waals surface area contributed by atoms with Crippen LogP contribution in [-0.4, -0.2) is 30.7 Å². The van der Waals surface area contributed by atoms with E-state index >= 15 is 0 Å². The maximum atomic E-state index is 13.4. The fourth-order valence-corrected chi connectivity index (χ4v) is 4.83. The van der Waals surface area contributed by atoms with Crippen molar-refractivity contribution in [2.24, 2.45) is 0 Å². The van der Waals surface area contributed by atoms with Crippen LogP contribution in [0.15, 0.2) is 53.4 Å². The summed E-state index contributed by atoms with van der Waals surface area (Å²) in [6, 6.07) is 12.2. The lowest BCUT2D eigenvalue weighted by atomic mass is 10.0. The Balaban J connectivity index is 2.15. The molecule has 1 N–H and O–H groups in total. The van der Waals surface area contributed by atoms with Crippen molar-refractivity contribution in [3.63, 3.8) is 0 Å². The van der Waals surface area contributed by atoms with Gasteiger partial charge in [0.2, 0.25) is 0 Å². The summed E-state index contributed by atoms with van der Waals surface area (Å²) in [7, 11) is -3.33.